The van der Waals surface area contributed by atoms with E-state index in [9.17, 15) is 4.79 Å². The van der Waals surface area contributed by atoms with Gasteiger partial charge in [0.15, 0.2) is 5.82 Å². The second kappa shape index (κ2) is 8.57. The molecule has 0 unspecified atom stereocenters. The fourth-order valence-electron chi connectivity index (χ4n) is 3.02. The summed E-state index contributed by atoms with van der Waals surface area (Å²) in [5.74, 6) is 1.87. The Hall–Kier alpha value is -4.00. The monoisotopic (exact) mass is 398 g/mol. The molecule has 0 atom stereocenters. The van der Waals surface area contributed by atoms with Gasteiger partial charge in [-0.15, -0.1) is 0 Å². The van der Waals surface area contributed by atoms with E-state index in [-0.39, 0.29) is 5.91 Å². The molecule has 0 aliphatic carbocycles. The summed E-state index contributed by atoms with van der Waals surface area (Å²) in [6.45, 7) is 3.93. The van der Waals surface area contributed by atoms with E-state index in [2.05, 4.69) is 32.6 Å². The number of benzene rings is 2. The van der Waals surface area contributed by atoms with Crippen LogP contribution >= 0.6 is 0 Å². The lowest BCUT2D eigenvalue weighted by Gasteiger charge is -2.10. The summed E-state index contributed by atoms with van der Waals surface area (Å²) >= 11 is 0. The molecule has 0 saturated heterocycles. The lowest BCUT2D eigenvalue weighted by Crippen LogP contribution is -2.11. The number of nitrogens with one attached hydrogen (secondary N) is 2. The third kappa shape index (κ3) is 4.52. The minimum atomic E-state index is -0.131. The molecule has 2 N–H and O–H groups in total. The van der Waals surface area contributed by atoms with Crippen molar-refractivity contribution in [2.45, 2.75) is 20.3 Å². The van der Waals surface area contributed by atoms with Crippen molar-refractivity contribution in [2.24, 2.45) is 0 Å². The molecule has 0 saturated carbocycles. The average Bonchev–Trinajstić information content (AvgIpc) is 3.30. The fraction of sp³-hybridized carbons (Fsp3) is 0.130. The van der Waals surface area contributed by atoms with Crippen molar-refractivity contribution < 1.29 is 4.79 Å². The molecule has 2 aromatic heterocycles. The van der Waals surface area contributed by atoms with Crippen molar-refractivity contribution in [1.29, 1.82) is 0 Å². The molecule has 150 valence electrons. The molecule has 30 heavy (non-hydrogen) atoms. The average molecular weight is 398 g/mol. The van der Waals surface area contributed by atoms with Crippen molar-refractivity contribution in [3.63, 3.8) is 0 Å². The SMILES string of the molecule is CCc1ccc(C(=O)Nc2ccc(Nc3cc(-n4cccn4)nc(C)n3)cc2)cc1. The molecule has 0 bridgehead atoms. The number of rotatable bonds is 6. The summed E-state index contributed by atoms with van der Waals surface area (Å²) in [7, 11) is 0. The number of hydrogen-bond donors (Lipinski definition) is 2. The molecule has 7 nitrogen and oxygen atoms in total. The zero-order chi connectivity index (χ0) is 20.9. The third-order valence-electron chi connectivity index (χ3n) is 4.60. The maximum absolute atomic E-state index is 12.4. The van der Waals surface area contributed by atoms with Crippen LogP contribution in [0.5, 0.6) is 0 Å². The van der Waals surface area contributed by atoms with Crippen LogP contribution in [0.2, 0.25) is 0 Å². The minimum Gasteiger partial charge on any atom is -0.340 e. The second-order valence-electron chi connectivity index (χ2n) is 6.82. The van der Waals surface area contributed by atoms with Gasteiger partial charge >= 0.3 is 0 Å². The van der Waals surface area contributed by atoms with Crippen LogP contribution in [0.1, 0.15) is 28.7 Å². The predicted octanol–water partition coefficient (Wildman–Crippen LogP) is 4.53. The van der Waals surface area contributed by atoms with E-state index < -0.39 is 0 Å². The Morgan fingerprint density at radius 1 is 1.00 bits per heavy atom. The van der Waals surface area contributed by atoms with E-state index in [0.717, 1.165) is 17.8 Å². The first kappa shape index (κ1) is 19.3. The number of hydrogen-bond acceptors (Lipinski definition) is 5. The first-order valence-corrected chi connectivity index (χ1v) is 9.74. The Bertz CT molecular complexity index is 1140. The maximum atomic E-state index is 12.4. The van der Waals surface area contributed by atoms with Crippen molar-refractivity contribution >= 4 is 23.1 Å². The summed E-state index contributed by atoms with van der Waals surface area (Å²) in [4.78, 5) is 21.3. The summed E-state index contributed by atoms with van der Waals surface area (Å²) in [6, 6.07) is 18.8. The van der Waals surface area contributed by atoms with Crippen LogP contribution in [-0.4, -0.2) is 25.7 Å². The number of carbonyl (C=O) groups is 1. The van der Waals surface area contributed by atoms with Gasteiger partial charge in [-0.1, -0.05) is 19.1 Å². The topological polar surface area (TPSA) is 84.7 Å². The highest BCUT2D eigenvalue weighted by Crippen LogP contribution is 2.20. The molecule has 0 spiro atoms. The van der Waals surface area contributed by atoms with Crippen molar-refractivity contribution in [2.75, 3.05) is 10.6 Å². The molecule has 4 rings (SSSR count). The smallest absolute Gasteiger partial charge is 0.255 e. The predicted molar refractivity (Wildman–Crippen MR) is 117 cm³/mol. The molecule has 2 aromatic carbocycles. The van der Waals surface area contributed by atoms with Gasteiger partial charge in [-0.25, -0.2) is 14.6 Å². The number of carbonyl (C=O) groups excluding carboxylic acids is 1. The first-order valence-electron chi connectivity index (χ1n) is 9.74. The highest BCUT2D eigenvalue weighted by Gasteiger charge is 2.07. The van der Waals surface area contributed by atoms with Gasteiger partial charge in [-0.2, -0.15) is 5.10 Å². The quantitative estimate of drug-likeness (QED) is 0.498. The van der Waals surface area contributed by atoms with E-state index in [0.29, 0.717) is 23.0 Å². The molecule has 4 aromatic rings. The zero-order valence-corrected chi connectivity index (χ0v) is 16.8. The fourth-order valence-corrected chi connectivity index (χ4v) is 3.02. The van der Waals surface area contributed by atoms with Crippen LogP contribution < -0.4 is 10.6 Å². The van der Waals surface area contributed by atoms with Gasteiger partial charge in [0.25, 0.3) is 5.91 Å². The van der Waals surface area contributed by atoms with Crippen LogP contribution in [0, 0.1) is 6.92 Å². The maximum Gasteiger partial charge on any atom is 0.255 e. The normalized spacial score (nSPS) is 10.6. The van der Waals surface area contributed by atoms with Gasteiger partial charge in [-0.3, -0.25) is 4.79 Å². The Balaban J connectivity index is 1.44. The van der Waals surface area contributed by atoms with Crippen molar-refractivity contribution in [3.05, 3.63) is 90.0 Å². The molecular weight excluding hydrogens is 376 g/mol. The highest BCUT2D eigenvalue weighted by atomic mass is 16.1. The van der Waals surface area contributed by atoms with E-state index in [1.807, 2.05) is 73.8 Å². The standard InChI is InChI=1S/C23H22N6O/c1-3-17-5-7-18(8-6-17)23(30)28-20-11-9-19(10-12-20)27-21-15-22(26-16(2)25-21)29-14-4-13-24-29/h4-15H,3H2,1-2H3,(H,28,30)(H,25,26,27). The summed E-state index contributed by atoms with van der Waals surface area (Å²) < 4.78 is 1.69. The van der Waals surface area contributed by atoms with Gasteiger partial charge in [0.2, 0.25) is 0 Å². The molecular formula is C23H22N6O. The summed E-state index contributed by atoms with van der Waals surface area (Å²) in [5, 5.41) is 10.4. The minimum absolute atomic E-state index is 0.131. The number of aryl methyl sites for hydroxylation is 2. The van der Waals surface area contributed by atoms with Gasteiger partial charge in [0.1, 0.15) is 11.6 Å². The van der Waals surface area contributed by atoms with Gasteiger partial charge in [0.05, 0.1) is 0 Å². The van der Waals surface area contributed by atoms with Gasteiger partial charge in [0, 0.05) is 35.4 Å². The molecule has 0 aliphatic rings. The Morgan fingerprint density at radius 3 is 2.40 bits per heavy atom. The van der Waals surface area contributed by atoms with Crippen molar-refractivity contribution in [3.8, 4) is 5.82 Å². The number of anilines is 3. The molecule has 2 heterocycles. The molecule has 0 fully saturated rings. The Labute approximate surface area is 174 Å². The van der Waals surface area contributed by atoms with Gasteiger partial charge in [-0.05, 0) is 61.4 Å². The molecule has 0 aliphatic heterocycles. The van der Waals surface area contributed by atoms with Crippen LogP contribution in [0.15, 0.2) is 73.1 Å². The van der Waals surface area contributed by atoms with Crippen LogP contribution in [-0.2, 0) is 6.42 Å². The van der Waals surface area contributed by atoms with Gasteiger partial charge < -0.3 is 10.6 Å². The molecule has 1 amide bonds. The number of amides is 1. The zero-order valence-electron chi connectivity index (χ0n) is 16.8. The Morgan fingerprint density at radius 2 is 1.73 bits per heavy atom. The summed E-state index contributed by atoms with van der Waals surface area (Å²) in [5.41, 5.74) is 3.42. The highest BCUT2D eigenvalue weighted by molar-refractivity contribution is 6.04. The molecule has 7 heteroatoms. The number of nitrogens with zero attached hydrogens (tertiary/aromatic N) is 4. The largest absolute Gasteiger partial charge is 0.340 e. The summed E-state index contributed by atoms with van der Waals surface area (Å²) in [6.07, 6.45) is 4.49. The second-order valence-corrected chi connectivity index (χ2v) is 6.82. The van der Waals surface area contributed by atoms with Crippen LogP contribution in [0.25, 0.3) is 5.82 Å². The van der Waals surface area contributed by atoms with Crippen LogP contribution in [0.3, 0.4) is 0 Å². The third-order valence-corrected chi connectivity index (χ3v) is 4.60. The number of aromatic nitrogens is 4. The van der Waals surface area contributed by atoms with E-state index in [4.69, 9.17) is 0 Å². The van der Waals surface area contributed by atoms with E-state index in [1.165, 1.54) is 5.56 Å². The van der Waals surface area contributed by atoms with E-state index in [1.54, 1.807) is 10.9 Å². The first-order chi connectivity index (χ1) is 14.6. The van der Waals surface area contributed by atoms with Crippen LogP contribution in [0.4, 0.5) is 17.2 Å². The molecule has 0 radical (unpaired) electrons. The Kier molecular flexibility index (Phi) is 5.52. The lowest BCUT2D eigenvalue weighted by molar-refractivity contribution is 0.102. The van der Waals surface area contributed by atoms with E-state index >= 15 is 0 Å². The van der Waals surface area contributed by atoms with Crippen molar-refractivity contribution in [1.82, 2.24) is 19.7 Å². The lowest BCUT2D eigenvalue weighted by atomic mass is 10.1.